The van der Waals surface area contributed by atoms with Gasteiger partial charge in [0.25, 0.3) is 5.91 Å². The number of amides is 1. The van der Waals surface area contributed by atoms with Crippen molar-refractivity contribution in [3.05, 3.63) is 29.3 Å². The van der Waals surface area contributed by atoms with Crippen molar-refractivity contribution in [2.45, 2.75) is 45.8 Å². The first kappa shape index (κ1) is 15.8. The molecule has 1 unspecified atom stereocenters. The Bertz CT molecular complexity index is 494. The van der Waals surface area contributed by atoms with Gasteiger partial charge in [0.2, 0.25) is 0 Å². The van der Waals surface area contributed by atoms with Crippen LogP contribution in [-0.4, -0.2) is 43.1 Å². The maximum Gasteiger partial charge on any atom is 0.260 e. The highest BCUT2D eigenvalue weighted by Gasteiger charge is 2.22. The number of likely N-dealkylation sites (tertiary alicyclic amines) is 1. The Balaban J connectivity index is 1.89. The quantitative estimate of drug-likeness (QED) is 0.925. The molecule has 1 amide bonds. The van der Waals surface area contributed by atoms with Crippen LogP contribution >= 0.6 is 0 Å². The van der Waals surface area contributed by atoms with Crippen molar-refractivity contribution in [3.63, 3.8) is 0 Å². The molecule has 0 aromatic heterocycles. The Labute approximate surface area is 127 Å². The summed E-state index contributed by atoms with van der Waals surface area (Å²) in [7, 11) is 2.12. The summed E-state index contributed by atoms with van der Waals surface area (Å²) in [5, 5.41) is 3.10. The van der Waals surface area contributed by atoms with Gasteiger partial charge in [-0.3, -0.25) is 4.79 Å². The number of aryl methyl sites for hydroxylation is 2. The van der Waals surface area contributed by atoms with Crippen LogP contribution in [0.2, 0.25) is 0 Å². The first-order valence-electron chi connectivity index (χ1n) is 7.68. The first-order valence-corrected chi connectivity index (χ1v) is 7.68. The normalized spacial score (nSPS) is 18.3. The molecule has 1 saturated heterocycles. The topological polar surface area (TPSA) is 41.6 Å². The van der Waals surface area contributed by atoms with Crippen LogP contribution in [0.1, 0.15) is 30.9 Å². The maximum atomic E-state index is 12.2. The fraction of sp³-hybridized carbons (Fsp3) is 0.588. The number of nitrogens with zero attached hydrogens (tertiary/aromatic N) is 1. The van der Waals surface area contributed by atoms with Crippen molar-refractivity contribution in [1.82, 2.24) is 10.2 Å². The molecular weight excluding hydrogens is 264 g/mol. The van der Waals surface area contributed by atoms with Crippen molar-refractivity contribution in [3.8, 4) is 5.75 Å². The fourth-order valence-corrected chi connectivity index (χ4v) is 2.55. The molecule has 2 rings (SSSR count). The average Bonchev–Trinajstić information content (AvgIpc) is 2.45. The minimum absolute atomic E-state index is 0.0227. The van der Waals surface area contributed by atoms with E-state index < -0.39 is 6.10 Å². The molecule has 1 fully saturated rings. The first-order chi connectivity index (χ1) is 9.95. The molecule has 21 heavy (non-hydrogen) atoms. The molecule has 1 aliphatic heterocycles. The molecule has 0 radical (unpaired) electrons. The van der Waals surface area contributed by atoms with Gasteiger partial charge in [0.05, 0.1) is 0 Å². The molecule has 1 aromatic rings. The highest BCUT2D eigenvalue weighted by atomic mass is 16.5. The van der Waals surface area contributed by atoms with Crippen LogP contribution in [0.3, 0.4) is 0 Å². The standard InChI is InChI=1S/C17H26N2O2/c1-12-5-6-13(2)16(11-12)21-14(3)17(20)18-15-7-9-19(4)10-8-15/h5-6,11,14-15H,7-10H2,1-4H3,(H,18,20). The summed E-state index contributed by atoms with van der Waals surface area (Å²) in [4.78, 5) is 14.5. The van der Waals surface area contributed by atoms with E-state index in [1.807, 2.05) is 39.0 Å². The average molecular weight is 290 g/mol. The Morgan fingerprint density at radius 3 is 2.67 bits per heavy atom. The number of rotatable bonds is 4. The number of nitrogens with one attached hydrogen (secondary N) is 1. The van der Waals surface area contributed by atoms with Gasteiger partial charge in [0.15, 0.2) is 6.10 Å². The highest BCUT2D eigenvalue weighted by Crippen LogP contribution is 2.20. The molecule has 1 aliphatic rings. The number of carbonyl (C=O) groups is 1. The van der Waals surface area contributed by atoms with E-state index in [0.29, 0.717) is 0 Å². The van der Waals surface area contributed by atoms with Crippen LogP contribution in [0.4, 0.5) is 0 Å². The summed E-state index contributed by atoms with van der Waals surface area (Å²) in [5.74, 6) is 0.770. The highest BCUT2D eigenvalue weighted by molar-refractivity contribution is 5.81. The largest absolute Gasteiger partial charge is 0.481 e. The van der Waals surface area contributed by atoms with Crippen LogP contribution in [-0.2, 0) is 4.79 Å². The molecular formula is C17H26N2O2. The van der Waals surface area contributed by atoms with Gasteiger partial charge in [0.1, 0.15) is 5.75 Å². The molecule has 1 N–H and O–H groups in total. The lowest BCUT2D eigenvalue weighted by molar-refractivity contribution is -0.128. The van der Waals surface area contributed by atoms with Crippen molar-refractivity contribution in [2.24, 2.45) is 0 Å². The van der Waals surface area contributed by atoms with Gasteiger partial charge in [-0.05, 0) is 70.9 Å². The third-order valence-corrected chi connectivity index (χ3v) is 4.08. The molecule has 0 bridgehead atoms. The zero-order valence-electron chi connectivity index (χ0n) is 13.5. The molecule has 116 valence electrons. The van der Waals surface area contributed by atoms with Gasteiger partial charge in [-0.2, -0.15) is 0 Å². The van der Waals surface area contributed by atoms with Gasteiger partial charge in [-0.1, -0.05) is 12.1 Å². The monoisotopic (exact) mass is 290 g/mol. The van der Waals surface area contributed by atoms with Gasteiger partial charge in [-0.15, -0.1) is 0 Å². The molecule has 4 nitrogen and oxygen atoms in total. The molecule has 1 atom stereocenters. The third kappa shape index (κ3) is 4.46. The predicted molar refractivity (Wildman–Crippen MR) is 84.7 cm³/mol. The van der Waals surface area contributed by atoms with Gasteiger partial charge in [-0.25, -0.2) is 0 Å². The summed E-state index contributed by atoms with van der Waals surface area (Å²) in [6, 6.07) is 6.32. The second kappa shape index (κ2) is 6.94. The molecule has 0 saturated carbocycles. The van der Waals surface area contributed by atoms with Crippen molar-refractivity contribution in [2.75, 3.05) is 20.1 Å². The second-order valence-electron chi connectivity index (χ2n) is 6.12. The maximum absolute atomic E-state index is 12.2. The van der Waals surface area contributed by atoms with E-state index in [2.05, 4.69) is 17.3 Å². The summed E-state index contributed by atoms with van der Waals surface area (Å²) in [6.07, 6.45) is 1.56. The number of hydrogen-bond donors (Lipinski definition) is 1. The Kier molecular flexibility index (Phi) is 5.23. The van der Waals surface area contributed by atoms with Gasteiger partial charge in [0, 0.05) is 6.04 Å². The van der Waals surface area contributed by atoms with Crippen LogP contribution in [0.15, 0.2) is 18.2 Å². The van der Waals surface area contributed by atoms with Crippen LogP contribution in [0.5, 0.6) is 5.75 Å². The number of benzene rings is 1. The smallest absolute Gasteiger partial charge is 0.260 e. The summed E-state index contributed by atoms with van der Waals surface area (Å²) >= 11 is 0. The van der Waals surface area contributed by atoms with Crippen LogP contribution < -0.4 is 10.1 Å². The molecule has 0 spiro atoms. The molecule has 4 heteroatoms. The van der Waals surface area contributed by atoms with E-state index in [4.69, 9.17) is 4.74 Å². The lowest BCUT2D eigenvalue weighted by Crippen LogP contribution is -2.47. The zero-order chi connectivity index (χ0) is 15.4. The Morgan fingerprint density at radius 2 is 2.00 bits per heavy atom. The lowest BCUT2D eigenvalue weighted by Gasteiger charge is -2.30. The lowest BCUT2D eigenvalue weighted by atomic mass is 10.1. The molecule has 1 aromatic carbocycles. The van der Waals surface area contributed by atoms with Crippen LogP contribution in [0.25, 0.3) is 0 Å². The Morgan fingerprint density at radius 1 is 1.33 bits per heavy atom. The minimum atomic E-state index is -0.467. The number of hydrogen-bond acceptors (Lipinski definition) is 3. The zero-order valence-corrected chi connectivity index (χ0v) is 13.5. The SMILES string of the molecule is Cc1ccc(C)c(OC(C)C(=O)NC2CCN(C)CC2)c1. The van der Waals surface area contributed by atoms with E-state index in [1.165, 1.54) is 0 Å². The fourth-order valence-electron chi connectivity index (χ4n) is 2.55. The number of piperidine rings is 1. The second-order valence-corrected chi connectivity index (χ2v) is 6.12. The summed E-state index contributed by atoms with van der Waals surface area (Å²) in [6.45, 7) is 7.91. The number of ether oxygens (including phenoxy) is 1. The minimum Gasteiger partial charge on any atom is -0.481 e. The van der Waals surface area contributed by atoms with E-state index in [1.54, 1.807) is 0 Å². The summed E-state index contributed by atoms with van der Waals surface area (Å²) in [5.41, 5.74) is 2.19. The van der Waals surface area contributed by atoms with E-state index in [0.717, 1.165) is 42.8 Å². The summed E-state index contributed by atoms with van der Waals surface area (Å²) < 4.78 is 5.83. The van der Waals surface area contributed by atoms with Crippen molar-refractivity contribution in [1.29, 1.82) is 0 Å². The van der Waals surface area contributed by atoms with Crippen molar-refractivity contribution >= 4 is 5.91 Å². The van der Waals surface area contributed by atoms with Gasteiger partial charge >= 0.3 is 0 Å². The van der Waals surface area contributed by atoms with Crippen LogP contribution in [0, 0.1) is 13.8 Å². The van der Waals surface area contributed by atoms with E-state index >= 15 is 0 Å². The van der Waals surface area contributed by atoms with E-state index in [-0.39, 0.29) is 11.9 Å². The third-order valence-electron chi connectivity index (χ3n) is 4.08. The predicted octanol–water partition coefficient (Wildman–Crippen LogP) is 2.28. The van der Waals surface area contributed by atoms with Crippen molar-refractivity contribution < 1.29 is 9.53 Å². The molecule has 0 aliphatic carbocycles. The number of carbonyl (C=O) groups excluding carboxylic acids is 1. The Hall–Kier alpha value is -1.55. The van der Waals surface area contributed by atoms with E-state index in [9.17, 15) is 4.79 Å². The van der Waals surface area contributed by atoms with Gasteiger partial charge < -0.3 is 15.0 Å². The molecule has 1 heterocycles.